The molecule has 0 aliphatic carbocycles. The van der Waals surface area contributed by atoms with Crippen LogP contribution in [0.2, 0.25) is 5.15 Å². The third-order valence-electron chi connectivity index (χ3n) is 4.07. The number of halogens is 1. The Hall–Kier alpha value is 4.30. The molecule has 3 heterocycles. The van der Waals surface area contributed by atoms with Crippen molar-refractivity contribution in [1.29, 1.82) is 2.67 Å². The molecule has 4 N–H and O–H groups in total. The quantitative estimate of drug-likeness (QED) is 0.0984. The van der Waals surface area contributed by atoms with Crippen LogP contribution in [0.4, 0.5) is 5.82 Å². The SMILES string of the molecule is [3H][B]N(C)c1cc(=O)n(C)c([B-])n1.[3H][B]NC.[B-]C(N)=NC.[B-]c1nc(Cl)cc(=O)n1C.[B-]c1nc(O)cc(=O)n1C.[B].[B]=S.[K+].[K+].[K+].[K+].[U]. The third-order valence-corrected chi connectivity index (χ3v) is 4.26. The number of nitrogens with one attached hydrogen (secondary N) is 1. The first kappa shape index (κ1) is 67.1. The average molecular weight is 1010 g/mol. The summed E-state index contributed by atoms with van der Waals surface area (Å²) in [5, 5.41) is 11.3. The zero-order valence-electron chi connectivity index (χ0n) is 31.0. The van der Waals surface area contributed by atoms with E-state index in [0.717, 1.165) is 26.5 Å². The van der Waals surface area contributed by atoms with Gasteiger partial charge in [-0.05, 0) is 15.4 Å². The van der Waals surface area contributed by atoms with Gasteiger partial charge in [-0.1, -0.05) is 11.6 Å². The van der Waals surface area contributed by atoms with Gasteiger partial charge in [-0.3, -0.25) is 29.3 Å². The minimum atomic E-state index is -0.370. The average Bonchev–Trinajstić information content (AvgIpc) is 2.98. The first-order valence-corrected chi connectivity index (χ1v) is 11.7. The van der Waals surface area contributed by atoms with Gasteiger partial charge in [0.1, 0.15) is 11.0 Å². The van der Waals surface area contributed by atoms with E-state index < -0.39 is 0 Å². The Bertz CT molecular complexity index is 1460. The van der Waals surface area contributed by atoms with Crippen molar-refractivity contribution < 1.29 is 242 Å². The van der Waals surface area contributed by atoms with Crippen molar-refractivity contribution in [3.8, 4) is 5.88 Å². The van der Waals surface area contributed by atoms with Crippen LogP contribution in [-0.2, 0) is 21.1 Å². The van der Waals surface area contributed by atoms with E-state index >= 15 is 0 Å². The molecule has 0 saturated carbocycles. The molecule has 48 heavy (non-hydrogen) atoms. The minimum absolute atomic E-state index is 0. The second-order valence-electron chi connectivity index (χ2n) is 7.12. The number of hydrogen-bond donors (Lipinski definition) is 3. The molecule has 0 aliphatic rings. The second kappa shape index (κ2) is 44.0. The van der Waals surface area contributed by atoms with Gasteiger partial charge in [0, 0.05) is 81.2 Å². The molecular formula is C19H27B8ClK4N10O4SU. The first-order valence-electron chi connectivity index (χ1n) is 12.0. The van der Waals surface area contributed by atoms with E-state index in [1.807, 2.05) is 0 Å². The standard InChI is InChI=1S/C6H8B2N3O.C5H4BClN2O.C5H5BN2O2.C2H5BN2.CH5BN.BS.B.4K.U/c1-10-5(12)3-4(11(2)8)9-6(10)7;1-9-4(10)2-3(7)8-5(9)6;1-8-4(10)2-3(9)7-5(8)6;1-5-2(3)4;1-3-2;1-2;;;;;;/h3,8H,1-2H3;2H,1H3;2,9H,1H3;1H3,(H2,4,5);2-3H,1H3;;;;;;;/q4*-1;;;;4*+1;/i8T;;;;2T;;;;;;;. The molecule has 0 aromatic carbocycles. The topological polar surface area (TPSA) is 179 Å². The van der Waals surface area contributed by atoms with Crippen LogP contribution in [0.3, 0.4) is 0 Å². The van der Waals surface area contributed by atoms with Gasteiger partial charge in [0.05, 0.1) is 6.07 Å². The molecule has 0 bridgehead atoms. The van der Waals surface area contributed by atoms with Gasteiger partial charge in [-0.2, -0.15) is 22.9 Å². The van der Waals surface area contributed by atoms with E-state index in [9.17, 15) is 14.4 Å². The normalized spacial score (nSPS) is 8.67. The van der Waals surface area contributed by atoms with Crippen molar-refractivity contribution in [3.63, 3.8) is 0 Å². The zero-order valence-corrected chi connectivity index (χ0v) is 47.2. The van der Waals surface area contributed by atoms with E-state index in [-0.39, 0.29) is 296 Å². The van der Waals surface area contributed by atoms with E-state index in [2.05, 4.69) is 43.9 Å². The molecule has 0 unspecified atom stereocenters. The van der Waals surface area contributed by atoms with Crippen molar-refractivity contribution in [2.75, 3.05) is 26.0 Å². The number of aromatic hydroxyl groups is 1. The molecule has 222 valence electrons. The maximum absolute atomic E-state index is 11.2. The molecule has 0 atom stereocenters. The fourth-order valence-corrected chi connectivity index (χ4v) is 1.98. The number of anilines is 1. The Balaban J connectivity index is -0.0000000601. The van der Waals surface area contributed by atoms with Gasteiger partial charge in [0.25, 0.3) is 16.7 Å². The summed E-state index contributed by atoms with van der Waals surface area (Å²) in [6.07, 6.45) is 0. The van der Waals surface area contributed by atoms with Crippen molar-refractivity contribution >= 4 is 115 Å². The molecule has 0 aliphatic heterocycles. The third kappa shape index (κ3) is 36.0. The van der Waals surface area contributed by atoms with Crippen LogP contribution in [-0.4, -0.2) is 126 Å². The second-order valence-corrected chi connectivity index (χ2v) is 7.51. The van der Waals surface area contributed by atoms with E-state index in [1.54, 1.807) is 21.1 Å². The monoisotopic (exact) mass is 1010 g/mol. The number of rotatable bonds is 3. The summed E-state index contributed by atoms with van der Waals surface area (Å²) in [4.78, 5) is 48.5. The molecule has 3 rings (SSSR count). The van der Waals surface area contributed by atoms with Crippen molar-refractivity contribution in [2.45, 2.75) is 0 Å². The Morgan fingerprint density at radius 1 is 0.979 bits per heavy atom. The van der Waals surface area contributed by atoms with Crippen LogP contribution in [0.25, 0.3) is 0 Å². The van der Waals surface area contributed by atoms with Gasteiger partial charge in [0.2, 0.25) is 13.8 Å². The summed E-state index contributed by atoms with van der Waals surface area (Å²) in [6, 6.07) is 3.52. The smallest absolute Gasteiger partial charge is 0 e. The van der Waals surface area contributed by atoms with Crippen LogP contribution in [0.5, 0.6) is 5.88 Å². The molecule has 0 saturated heterocycles. The molecule has 18 radical (unpaired) electrons. The first-order chi connectivity index (χ1) is 20.5. The van der Waals surface area contributed by atoms with Crippen molar-refractivity contribution in [2.24, 2.45) is 31.9 Å². The summed E-state index contributed by atoms with van der Waals surface area (Å²) in [7, 11) is 32.4. The number of nitrogens with two attached hydrogens (primary N) is 1. The molecular weight excluding hydrogens is 981 g/mol. The molecule has 3 aromatic rings. The Morgan fingerprint density at radius 3 is 1.60 bits per heavy atom. The Kier molecular flexibility index (Phi) is 61.5. The molecule has 14 nitrogen and oxygen atoms in total. The van der Waals surface area contributed by atoms with E-state index in [0.29, 0.717) is 5.82 Å². The minimum Gasteiger partial charge on any atom is 0 e. The number of amidine groups is 1. The van der Waals surface area contributed by atoms with E-state index in [1.165, 1.54) is 47.2 Å². The summed E-state index contributed by atoms with van der Waals surface area (Å²) in [5.74, 6) is 0.0243. The summed E-state index contributed by atoms with van der Waals surface area (Å²) >= 11 is 9.00. The van der Waals surface area contributed by atoms with E-state index in [4.69, 9.17) is 56.5 Å². The summed E-state index contributed by atoms with van der Waals surface area (Å²) in [6.45, 7) is 4.08. The molecule has 0 spiro atoms. The zero-order chi connectivity index (χ0) is 35.2. The van der Waals surface area contributed by atoms with Crippen LogP contribution in [0.15, 0.2) is 37.6 Å². The number of aromatic nitrogens is 6. The maximum Gasteiger partial charge on any atom is 1.00 e. The van der Waals surface area contributed by atoms with Crippen molar-refractivity contribution in [1.82, 2.24) is 33.9 Å². The van der Waals surface area contributed by atoms with Gasteiger partial charge < -0.3 is 71.0 Å². The van der Waals surface area contributed by atoms with Gasteiger partial charge in [-0.15, -0.1) is 0 Å². The predicted molar refractivity (Wildman–Crippen MR) is 185 cm³/mol. The fraction of sp³-hybridized carbons (Fsp3) is 0.316. The summed E-state index contributed by atoms with van der Waals surface area (Å²) in [5.41, 5.74) is 4.35. The van der Waals surface area contributed by atoms with Crippen molar-refractivity contribution in [3.05, 3.63) is 54.4 Å². The van der Waals surface area contributed by atoms with Gasteiger partial charge >= 0.3 is 224 Å². The molecule has 3 aromatic heterocycles. The van der Waals surface area contributed by atoms with Gasteiger partial charge in [-0.25, -0.2) is 0 Å². The molecule has 0 amide bonds. The fourth-order valence-electron chi connectivity index (χ4n) is 1.80. The molecule has 0 fully saturated rings. The van der Waals surface area contributed by atoms with Gasteiger partial charge in [0.15, 0.2) is 7.94 Å². The summed E-state index contributed by atoms with van der Waals surface area (Å²) < 4.78 is 16.8. The Labute approximate surface area is 499 Å². The molecule has 29 heteroatoms. The number of aliphatic imine (C=N–C) groups is 1. The van der Waals surface area contributed by atoms with Crippen LogP contribution in [0, 0.1) is 31.1 Å². The predicted octanol–water partition coefficient (Wildman–Crippen LogP) is -18.6. The Morgan fingerprint density at radius 2 is 1.31 bits per heavy atom. The van der Waals surface area contributed by atoms with Crippen LogP contribution in [0.1, 0.15) is 0 Å². The van der Waals surface area contributed by atoms with Crippen LogP contribution < -0.4 is 255 Å². The maximum atomic E-state index is 11.2. The van der Waals surface area contributed by atoms with Crippen LogP contribution >= 0.6 is 23.7 Å². The number of hydrogen-bond acceptors (Lipinski definition) is 11. The number of nitrogens with zero attached hydrogens (tertiary/aromatic N) is 8. The largest absolute Gasteiger partial charge is 1.00 e.